The minimum atomic E-state index is -0.742. The molecule has 0 bridgehead atoms. The van der Waals surface area contributed by atoms with Crippen molar-refractivity contribution < 1.29 is 13.3 Å². The average molecular weight is 307 g/mol. The van der Waals surface area contributed by atoms with Crippen molar-refractivity contribution in [3.05, 3.63) is 59.1 Å². The number of nitrogens with two attached hydrogens (primary N) is 1. The van der Waals surface area contributed by atoms with Crippen LogP contribution in [-0.4, -0.2) is 5.16 Å². The molecule has 0 atom stereocenters. The minimum Gasteiger partial charge on any atom is -0.367 e. The highest BCUT2D eigenvalue weighted by Gasteiger charge is 2.21. The molecule has 0 spiro atoms. The highest BCUT2D eigenvalue weighted by Crippen LogP contribution is 2.38. The molecule has 2 aromatic carbocycles. The van der Waals surface area contributed by atoms with Crippen molar-refractivity contribution >= 4 is 17.5 Å². The van der Waals surface area contributed by atoms with E-state index < -0.39 is 11.6 Å². The van der Waals surface area contributed by atoms with Gasteiger partial charge in [-0.05, 0) is 17.7 Å². The summed E-state index contributed by atoms with van der Waals surface area (Å²) in [5.41, 5.74) is 6.94. The number of halogens is 3. The zero-order valence-corrected chi connectivity index (χ0v) is 11.4. The SMILES string of the molecule is Nc1onc(-c2cc(F)c(Cl)cc2F)c1-c1ccccc1. The first-order chi connectivity index (χ1) is 10.1. The van der Waals surface area contributed by atoms with E-state index in [1.807, 2.05) is 6.07 Å². The average Bonchev–Trinajstić information content (AvgIpc) is 2.85. The largest absolute Gasteiger partial charge is 0.367 e. The van der Waals surface area contributed by atoms with E-state index in [0.29, 0.717) is 11.1 Å². The highest BCUT2D eigenvalue weighted by atomic mass is 35.5. The molecular weight excluding hydrogens is 298 g/mol. The minimum absolute atomic E-state index is 0.0333. The van der Waals surface area contributed by atoms with Gasteiger partial charge in [-0.2, -0.15) is 0 Å². The van der Waals surface area contributed by atoms with Crippen LogP contribution in [0, 0.1) is 11.6 Å². The van der Waals surface area contributed by atoms with Gasteiger partial charge in [0.1, 0.15) is 17.3 Å². The summed E-state index contributed by atoms with van der Waals surface area (Å²) in [4.78, 5) is 0. The van der Waals surface area contributed by atoms with E-state index in [2.05, 4.69) is 5.16 Å². The molecule has 106 valence electrons. The van der Waals surface area contributed by atoms with Gasteiger partial charge in [0.15, 0.2) is 0 Å². The summed E-state index contributed by atoms with van der Waals surface area (Å²) in [5.74, 6) is -1.41. The molecule has 0 saturated carbocycles. The summed E-state index contributed by atoms with van der Waals surface area (Å²) < 4.78 is 32.6. The molecule has 21 heavy (non-hydrogen) atoms. The maximum Gasteiger partial charge on any atom is 0.230 e. The fourth-order valence-electron chi connectivity index (χ4n) is 2.07. The van der Waals surface area contributed by atoms with Crippen LogP contribution in [0.3, 0.4) is 0 Å². The first-order valence-corrected chi connectivity index (χ1v) is 6.41. The summed E-state index contributed by atoms with van der Waals surface area (Å²) in [6.45, 7) is 0. The topological polar surface area (TPSA) is 52.0 Å². The Morgan fingerprint density at radius 1 is 1.05 bits per heavy atom. The lowest BCUT2D eigenvalue weighted by Gasteiger charge is -2.05. The molecule has 6 heteroatoms. The van der Waals surface area contributed by atoms with E-state index in [-0.39, 0.29) is 22.2 Å². The molecule has 2 N–H and O–H groups in total. The molecule has 0 fully saturated rings. The summed E-state index contributed by atoms with van der Waals surface area (Å²) in [5, 5.41) is 3.45. The Labute approximate surface area is 123 Å². The van der Waals surface area contributed by atoms with Crippen molar-refractivity contribution in [1.29, 1.82) is 0 Å². The van der Waals surface area contributed by atoms with Crippen molar-refractivity contribution in [2.24, 2.45) is 0 Å². The van der Waals surface area contributed by atoms with E-state index in [0.717, 1.165) is 12.1 Å². The van der Waals surface area contributed by atoms with Crippen LogP contribution in [0.2, 0.25) is 5.02 Å². The van der Waals surface area contributed by atoms with Crippen molar-refractivity contribution in [2.75, 3.05) is 5.73 Å². The molecule has 3 nitrogen and oxygen atoms in total. The van der Waals surface area contributed by atoms with Crippen LogP contribution < -0.4 is 5.73 Å². The molecular formula is C15H9ClF2N2O. The molecule has 0 aliphatic rings. The number of nitrogens with zero attached hydrogens (tertiary/aromatic N) is 1. The lowest BCUT2D eigenvalue weighted by molar-refractivity contribution is 0.439. The number of nitrogen functional groups attached to an aromatic ring is 1. The van der Waals surface area contributed by atoms with Gasteiger partial charge in [0.2, 0.25) is 5.88 Å². The number of hydrogen-bond acceptors (Lipinski definition) is 3. The quantitative estimate of drug-likeness (QED) is 0.708. The van der Waals surface area contributed by atoms with E-state index in [1.165, 1.54) is 0 Å². The molecule has 0 aliphatic heterocycles. The predicted molar refractivity (Wildman–Crippen MR) is 76.7 cm³/mol. The normalized spacial score (nSPS) is 10.8. The first-order valence-electron chi connectivity index (χ1n) is 6.03. The van der Waals surface area contributed by atoms with Crippen molar-refractivity contribution in [3.8, 4) is 22.4 Å². The third kappa shape index (κ3) is 2.36. The first kappa shape index (κ1) is 13.6. The number of benzene rings is 2. The Kier molecular flexibility index (Phi) is 3.35. The molecule has 1 aromatic heterocycles. The molecule has 3 aromatic rings. The maximum absolute atomic E-state index is 14.0. The Hall–Kier alpha value is -2.40. The van der Waals surface area contributed by atoms with Gasteiger partial charge in [-0.15, -0.1) is 0 Å². The van der Waals surface area contributed by atoms with E-state index in [4.69, 9.17) is 21.9 Å². The van der Waals surface area contributed by atoms with Gasteiger partial charge in [-0.1, -0.05) is 47.1 Å². The molecule has 0 saturated heterocycles. The zero-order chi connectivity index (χ0) is 15.0. The van der Waals surface area contributed by atoms with Gasteiger partial charge >= 0.3 is 0 Å². The summed E-state index contributed by atoms with van der Waals surface area (Å²) >= 11 is 5.55. The Balaban J connectivity index is 2.24. The third-order valence-corrected chi connectivity index (χ3v) is 3.34. The van der Waals surface area contributed by atoms with Gasteiger partial charge < -0.3 is 10.3 Å². The Bertz CT molecular complexity index is 803. The van der Waals surface area contributed by atoms with E-state index in [9.17, 15) is 8.78 Å². The van der Waals surface area contributed by atoms with Gasteiger partial charge in [-0.25, -0.2) is 8.78 Å². The molecule has 0 aliphatic carbocycles. The molecule has 0 radical (unpaired) electrons. The standard InChI is InChI=1S/C15H9ClF2N2O/c16-10-7-11(17)9(6-12(10)18)14-13(15(19)21-20-14)8-4-2-1-3-5-8/h1-7H,19H2. The number of hydrogen-bond donors (Lipinski definition) is 1. The number of rotatable bonds is 2. The van der Waals surface area contributed by atoms with Crippen LogP contribution in [0.25, 0.3) is 22.4 Å². The van der Waals surface area contributed by atoms with Gasteiger partial charge in [0.25, 0.3) is 0 Å². The van der Waals surface area contributed by atoms with Crippen LogP contribution in [0.5, 0.6) is 0 Å². The summed E-state index contributed by atoms with van der Waals surface area (Å²) in [6.07, 6.45) is 0. The van der Waals surface area contributed by atoms with Crippen LogP contribution in [0.15, 0.2) is 47.0 Å². The van der Waals surface area contributed by atoms with Gasteiger partial charge in [0, 0.05) is 5.56 Å². The van der Waals surface area contributed by atoms with Crippen molar-refractivity contribution in [1.82, 2.24) is 5.16 Å². The van der Waals surface area contributed by atoms with Gasteiger partial charge in [-0.3, -0.25) is 0 Å². The van der Waals surface area contributed by atoms with Gasteiger partial charge in [0.05, 0.1) is 10.6 Å². The van der Waals surface area contributed by atoms with E-state index in [1.54, 1.807) is 24.3 Å². The predicted octanol–water partition coefficient (Wildman–Crippen LogP) is 4.52. The second kappa shape index (κ2) is 5.18. The van der Waals surface area contributed by atoms with Crippen LogP contribution in [0.4, 0.5) is 14.7 Å². The fourth-order valence-corrected chi connectivity index (χ4v) is 2.22. The van der Waals surface area contributed by atoms with Crippen molar-refractivity contribution in [2.45, 2.75) is 0 Å². The van der Waals surface area contributed by atoms with Crippen LogP contribution >= 0.6 is 11.6 Å². The van der Waals surface area contributed by atoms with Crippen molar-refractivity contribution in [3.63, 3.8) is 0 Å². The smallest absolute Gasteiger partial charge is 0.230 e. The Morgan fingerprint density at radius 3 is 2.48 bits per heavy atom. The maximum atomic E-state index is 14.0. The molecule has 3 rings (SSSR count). The van der Waals surface area contributed by atoms with Crippen LogP contribution in [-0.2, 0) is 0 Å². The molecule has 1 heterocycles. The lowest BCUT2D eigenvalue weighted by atomic mass is 10.0. The third-order valence-electron chi connectivity index (χ3n) is 3.05. The second-order valence-electron chi connectivity index (χ2n) is 4.38. The highest BCUT2D eigenvalue weighted by molar-refractivity contribution is 6.30. The second-order valence-corrected chi connectivity index (χ2v) is 4.79. The lowest BCUT2D eigenvalue weighted by Crippen LogP contribution is -1.92. The van der Waals surface area contributed by atoms with E-state index >= 15 is 0 Å². The zero-order valence-electron chi connectivity index (χ0n) is 10.6. The summed E-state index contributed by atoms with van der Waals surface area (Å²) in [7, 11) is 0. The fraction of sp³-hybridized carbons (Fsp3) is 0. The molecule has 0 amide bonds. The Morgan fingerprint density at radius 2 is 1.76 bits per heavy atom. The monoisotopic (exact) mass is 306 g/mol. The van der Waals surface area contributed by atoms with Crippen LogP contribution in [0.1, 0.15) is 0 Å². The summed E-state index contributed by atoms with van der Waals surface area (Å²) in [6, 6.07) is 10.8. The number of anilines is 1. The number of aromatic nitrogens is 1. The molecule has 0 unspecified atom stereocenters.